The van der Waals surface area contributed by atoms with E-state index in [0.29, 0.717) is 29.7 Å². The maximum absolute atomic E-state index is 12.0. The molecule has 0 atom stereocenters. The lowest BCUT2D eigenvalue weighted by Crippen LogP contribution is -2.41. The SMILES string of the molecule is CC(C)(O)c1ccc(-c2cnc3c(n2)N(CC2CCCC2)CC(=O)N3)cn1.[HH]. The van der Waals surface area contributed by atoms with E-state index in [4.69, 9.17) is 4.98 Å². The second-order valence-corrected chi connectivity index (χ2v) is 8.00. The topological polar surface area (TPSA) is 91.2 Å². The van der Waals surface area contributed by atoms with Crippen LogP contribution in [0.2, 0.25) is 0 Å². The van der Waals surface area contributed by atoms with Gasteiger partial charge in [-0.05, 0) is 44.7 Å². The average molecular weight is 369 g/mol. The van der Waals surface area contributed by atoms with Crippen LogP contribution in [0.4, 0.5) is 11.6 Å². The lowest BCUT2D eigenvalue weighted by molar-refractivity contribution is -0.115. The van der Waals surface area contributed by atoms with Gasteiger partial charge in [-0.2, -0.15) is 0 Å². The van der Waals surface area contributed by atoms with Crippen molar-refractivity contribution in [2.24, 2.45) is 5.92 Å². The number of carbonyl (C=O) groups excluding carboxylic acids is 1. The van der Waals surface area contributed by atoms with Crippen molar-refractivity contribution in [1.29, 1.82) is 0 Å². The molecule has 0 bridgehead atoms. The normalized spacial score (nSPS) is 17.7. The highest BCUT2D eigenvalue weighted by Crippen LogP contribution is 2.32. The van der Waals surface area contributed by atoms with Gasteiger partial charge in [-0.3, -0.25) is 9.78 Å². The molecule has 0 aromatic carbocycles. The molecule has 3 heterocycles. The van der Waals surface area contributed by atoms with Crippen LogP contribution in [-0.4, -0.2) is 39.1 Å². The van der Waals surface area contributed by atoms with Crippen molar-refractivity contribution in [2.45, 2.75) is 45.1 Å². The first-order chi connectivity index (χ1) is 12.9. The molecule has 27 heavy (non-hydrogen) atoms. The minimum atomic E-state index is -0.984. The van der Waals surface area contributed by atoms with Crippen molar-refractivity contribution in [3.05, 3.63) is 30.2 Å². The number of anilines is 2. The summed E-state index contributed by atoms with van der Waals surface area (Å²) in [5.74, 6) is 1.82. The number of pyridine rings is 1. The Hall–Kier alpha value is -2.54. The predicted octanol–water partition coefficient (Wildman–Crippen LogP) is 2.96. The fourth-order valence-corrected chi connectivity index (χ4v) is 3.81. The molecule has 1 fully saturated rings. The molecule has 0 radical (unpaired) electrons. The monoisotopic (exact) mass is 369 g/mol. The summed E-state index contributed by atoms with van der Waals surface area (Å²) in [6.07, 6.45) is 8.31. The molecule has 1 aliphatic carbocycles. The molecule has 0 saturated heterocycles. The fraction of sp³-hybridized carbons (Fsp3) is 0.500. The molecule has 0 spiro atoms. The first kappa shape index (κ1) is 17.9. The van der Waals surface area contributed by atoms with Crippen LogP contribution in [0.15, 0.2) is 24.5 Å². The third-order valence-electron chi connectivity index (χ3n) is 5.29. The van der Waals surface area contributed by atoms with Crippen LogP contribution in [0.5, 0.6) is 0 Å². The van der Waals surface area contributed by atoms with E-state index in [1.165, 1.54) is 25.7 Å². The molecular weight excluding hydrogens is 342 g/mol. The van der Waals surface area contributed by atoms with Gasteiger partial charge in [-0.1, -0.05) is 12.8 Å². The minimum Gasteiger partial charge on any atom is -0.384 e. The van der Waals surface area contributed by atoms with E-state index in [9.17, 15) is 9.90 Å². The Morgan fingerprint density at radius 1 is 1.26 bits per heavy atom. The highest BCUT2D eigenvalue weighted by molar-refractivity contribution is 5.99. The van der Waals surface area contributed by atoms with Crippen molar-refractivity contribution in [2.75, 3.05) is 23.3 Å². The molecule has 1 aliphatic heterocycles. The van der Waals surface area contributed by atoms with Crippen LogP contribution in [0.1, 0.15) is 46.7 Å². The number of nitrogens with one attached hydrogen (secondary N) is 1. The Kier molecular flexibility index (Phi) is 4.55. The molecule has 2 aliphatic rings. The van der Waals surface area contributed by atoms with E-state index in [2.05, 4.69) is 20.2 Å². The van der Waals surface area contributed by atoms with E-state index in [1.54, 1.807) is 32.3 Å². The molecule has 1 amide bonds. The summed E-state index contributed by atoms with van der Waals surface area (Å²) in [7, 11) is 0. The van der Waals surface area contributed by atoms with E-state index in [-0.39, 0.29) is 7.33 Å². The smallest absolute Gasteiger partial charge is 0.245 e. The zero-order valence-electron chi connectivity index (χ0n) is 15.8. The molecule has 2 aromatic heterocycles. The Morgan fingerprint density at radius 2 is 2.04 bits per heavy atom. The zero-order valence-corrected chi connectivity index (χ0v) is 15.8. The molecule has 7 nitrogen and oxygen atoms in total. The summed E-state index contributed by atoms with van der Waals surface area (Å²) < 4.78 is 0. The molecule has 144 valence electrons. The summed E-state index contributed by atoms with van der Waals surface area (Å²) in [6.45, 7) is 4.57. The summed E-state index contributed by atoms with van der Waals surface area (Å²) in [5, 5.41) is 12.9. The van der Waals surface area contributed by atoms with Crippen molar-refractivity contribution >= 4 is 17.5 Å². The third-order valence-corrected chi connectivity index (χ3v) is 5.29. The van der Waals surface area contributed by atoms with Gasteiger partial charge in [0.05, 0.1) is 24.1 Å². The second-order valence-electron chi connectivity index (χ2n) is 8.00. The van der Waals surface area contributed by atoms with Gasteiger partial charge in [0.2, 0.25) is 5.91 Å². The molecular formula is C20H27N5O2. The Morgan fingerprint density at radius 3 is 2.70 bits per heavy atom. The van der Waals surface area contributed by atoms with Gasteiger partial charge in [0, 0.05) is 19.7 Å². The number of rotatable bonds is 4. The first-order valence-corrected chi connectivity index (χ1v) is 9.51. The lowest BCUT2D eigenvalue weighted by atomic mass is 10.0. The third kappa shape index (κ3) is 3.78. The van der Waals surface area contributed by atoms with E-state index < -0.39 is 5.60 Å². The number of amides is 1. The predicted molar refractivity (Wildman–Crippen MR) is 105 cm³/mol. The van der Waals surface area contributed by atoms with Gasteiger partial charge in [0.25, 0.3) is 0 Å². The number of fused-ring (bicyclic) bond motifs is 1. The van der Waals surface area contributed by atoms with Gasteiger partial charge in [0.15, 0.2) is 11.6 Å². The molecule has 2 N–H and O–H groups in total. The quantitative estimate of drug-likeness (QED) is 0.861. The highest BCUT2D eigenvalue weighted by Gasteiger charge is 2.28. The van der Waals surface area contributed by atoms with Gasteiger partial charge < -0.3 is 15.3 Å². The second kappa shape index (κ2) is 6.88. The zero-order chi connectivity index (χ0) is 19.0. The minimum absolute atomic E-state index is 0. The Balaban J connectivity index is 0.00000225. The fourth-order valence-electron chi connectivity index (χ4n) is 3.81. The molecule has 1 saturated carbocycles. The summed E-state index contributed by atoms with van der Waals surface area (Å²) in [4.78, 5) is 27.7. The molecule has 0 unspecified atom stereocenters. The van der Waals surface area contributed by atoms with E-state index in [1.807, 2.05) is 6.07 Å². The van der Waals surface area contributed by atoms with E-state index in [0.717, 1.165) is 17.9 Å². The number of nitrogens with zero attached hydrogens (tertiary/aromatic N) is 4. The Labute approximate surface area is 160 Å². The number of aliphatic hydroxyl groups is 1. The molecule has 2 aromatic rings. The summed E-state index contributed by atoms with van der Waals surface area (Å²) in [5.41, 5.74) is 1.15. The standard InChI is InChI=1S/C20H25N5O2.H2/c1-20(2,27)16-8-7-14(9-21-16)15-10-22-18-19(23-15)25(12-17(26)24-18)11-13-5-3-4-6-13;/h7-10,13,27H,3-6,11-12H2,1-2H3,(H,22,24,26);1H. The summed E-state index contributed by atoms with van der Waals surface area (Å²) >= 11 is 0. The average Bonchev–Trinajstić information content (AvgIpc) is 3.14. The maximum Gasteiger partial charge on any atom is 0.245 e. The molecule has 7 heteroatoms. The molecule has 4 rings (SSSR count). The van der Waals surface area contributed by atoms with E-state index >= 15 is 0 Å². The lowest BCUT2D eigenvalue weighted by Gasteiger charge is -2.31. The number of aromatic nitrogens is 3. The number of carbonyl (C=O) groups is 1. The van der Waals surface area contributed by atoms with Crippen molar-refractivity contribution in [1.82, 2.24) is 15.0 Å². The van der Waals surface area contributed by atoms with Gasteiger partial charge in [-0.15, -0.1) is 0 Å². The highest BCUT2D eigenvalue weighted by atomic mass is 16.3. The number of hydrogen-bond acceptors (Lipinski definition) is 6. The van der Waals surface area contributed by atoms with Crippen LogP contribution in [-0.2, 0) is 10.4 Å². The van der Waals surface area contributed by atoms with Gasteiger partial charge in [-0.25, -0.2) is 9.97 Å². The van der Waals surface area contributed by atoms with Crippen LogP contribution in [0.25, 0.3) is 11.3 Å². The number of hydrogen-bond donors (Lipinski definition) is 2. The maximum atomic E-state index is 12.0. The first-order valence-electron chi connectivity index (χ1n) is 9.51. The van der Waals surface area contributed by atoms with Crippen molar-refractivity contribution in [3.8, 4) is 11.3 Å². The van der Waals surface area contributed by atoms with Crippen LogP contribution >= 0.6 is 0 Å². The van der Waals surface area contributed by atoms with Gasteiger partial charge in [0.1, 0.15) is 5.60 Å². The van der Waals surface area contributed by atoms with Gasteiger partial charge >= 0.3 is 0 Å². The van der Waals surface area contributed by atoms with Crippen LogP contribution in [0.3, 0.4) is 0 Å². The van der Waals surface area contributed by atoms with Crippen LogP contribution in [0, 0.1) is 5.92 Å². The Bertz CT molecular complexity index is 845. The van der Waals surface area contributed by atoms with Crippen LogP contribution < -0.4 is 10.2 Å². The largest absolute Gasteiger partial charge is 0.384 e. The summed E-state index contributed by atoms with van der Waals surface area (Å²) in [6, 6.07) is 3.69. The van der Waals surface area contributed by atoms with Crippen molar-refractivity contribution in [3.63, 3.8) is 0 Å². The van der Waals surface area contributed by atoms with Crippen molar-refractivity contribution < 1.29 is 11.3 Å².